The average molecular weight is 500 g/mol. The second kappa shape index (κ2) is 10.8. The van der Waals surface area contributed by atoms with Crippen LogP contribution in [0.25, 0.3) is 10.9 Å². The minimum absolute atomic E-state index is 0. The molecule has 1 saturated carbocycles. The smallest absolute Gasteiger partial charge is 0.191 e. The van der Waals surface area contributed by atoms with Crippen LogP contribution in [0.5, 0.6) is 11.5 Å². The van der Waals surface area contributed by atoms with Crippen molar-refractivity contribution in [1.82, 2.24) is 15.6 Å². The highest BCUT2D eigenvalue weighted by atomic mass is 127. The van der Waals surface area contributed by atoms with Crippen LogP contribution < -0.4 is 20.1 Å². The summed E-state index contributed by atoms with van der Waals surface area (Å²) in [5.41, 5.74) is 2.24. The Morgan fingerprint density at radius 2 is 2.07 bits per heavy atom. The van der Waals surface area contributed by atoms with Gasteiger partial charge in [0.05, 0.1) is 19.7 Å². The molecule has 1 aliphatic rings. The number of nitrogens with zero attached hydrogens (tertiary/aromatic N) is 1. The first-order valence-electron chi connectivity index (χ1n) is 9.89. The molecule has 3 N–H and O–H groups in total. The predicted octanol–water partition coefficient (Wildman–Crippen LogP) is 4.09. The number of methoxy groups -OCH3 is 2. The van der Waals surface area contributed by atoms with Crippen LogP contribution in [0.1, 0.15) is 38.3 Å². The summed E-state index contributed by atoms with van der Waals surface area (Å²) in [4.78, 5) is 7.82. The normalized spacial score (nSPS) is 18.5. The van der Waals surface area contributed by atoms with Crippen molar-refractivity contribution < 1.29 is 9.47 Å². The van der Waals surface area contributed by atoms with Crippen LogP contribution in [-0.2, 0) is 6.42 Å². The summed E-state index contributed by atoms with van der Waals surface area (Å²) in [7, 11) is 5.20. The lowest BCUT2D eigenvalue weighted by Crippen LogP contribution is -2.39. The number of hydrogen-bond donors (Lipinski definition) is 3. The quantitative estimate of drug-likeness (QED) is 0.210. The van der Waals surface area contributed by atoms with Crippen molar-refractivity contribution in [3.8, 4) is 11.5 Å². The SMILES string of the molecule is CCCC1CC1NC(=NC)NCCCc1cc2c(OC)cc(OC)cc2[nH]1.I. The number of aromatic amines is 1. The first-order chi connectivity index (χ1) is 13.2. The topological polar surface area (TPSA) is 70.7 Å². The minimum Gasteiger partial charge on any atom is -0.497 e. The van der Waals surface area contributed by atoms with Gasteiger partial charge < -0.3 is 25.1 Å². The lowest BCUT2D eigenvalue weighted by Gasteiger charge is -2.11. The second-order valence-corrected chi connectivity index (χ2v) is 7.22. The maximum Gasteiger partial charge on any atom is 0.191 e. The Hall–Kier alpha value is -1.64. The van der Waals surface area contributed by atoms with Crippen LogP contribution in [-0.4, -0.2) is 44.8 Å². The summed E-state index contributed by atoms with van der Waals surface area (Å²) < 4.78 is 10.8. The van der Waals surface area contributed by atoms with Crippen molar-refractivity contribution in [3.63, 3.8) is 0 Å². The summed E-state index contributed by atoms with van der Waals surface area (Å²) in [6.45, 7) is 3.14. The number of ether oxygens (including phenoxy) is 2. The van der Waals surface area contributed by atoms with Gasteiger partial charge in [-0.1, -0.05) is 13.3 Å². The summed E-state index contributed by atoms with van der Waals surface area (Å²) >= 11 is 0. The number of aryl methyl sites for hydroxylation is 1. The third-order valence-corrected chi connectivity index (χ3v) is 5.23. The highest BCUT2D eigenvalue weighted by Gasteiger charge is 2.36. The Bertz CT molecular complexity index is 790. The molecule has 1 aromatic heterocycles. The molecule has 1 aromatic carbocycles. The molecule has 2 atom stereocenters. The zero-order valence-corrected chi connectivity index (χ0v) is 19.6. The first-order valence-corrected chi connectivity index (χ1v) is 9.89. The molecule has 2 aromatic rings. The number of halogens is 1. The summed E-state index contributed by atoms with van der Waals surface area (Å²) in [5.74, 6) is 3.37. The molecule has 0 saturated heterocycles. The average Bonchev–Trinajstić information content (AvgIpc) is 3.27. The minimum atomic E-state index is 0. The molecular weight excluding hydrogens is 467 g/mol. The summed E-state index contributed by atoms with van der Waals surface area (Å²) in [6, 6.07) is 6.70. The zero-order chi connectivity index (χ0) is 19.2. The molecule has 1 heterocycles. The maximum atomic E-state index is 5.49. The van der Waals surface area contributed by atoms with E-state index in [9.17, 15) is 0 Å². The van der Waals surface area contributed by atoms with E-state index in [1.807, 2.05) is 19.2 Å². The van der Waals surface area contributed by atoms with Gasteiger partial charge in [0, 0.05) is 42.8 Å². The molecular formula is C21H33IN4O2. The van der Waals surface area contributed by atoms with Crippen molar-refractivity contribution in [1.29, 1.82) is 0 Å². The molecule has 1 aliphatic carbocycles. The number of guanidine groups is 1. The number of aromatic nitrogens is 1. The molecule has 2 unspecified atom stereocenters. The Kier molecular flexibility index (Phi) is 8.72. The summed E-state index contributed by atoms with van der Waals surface area (Å²) in [5, 5.41) is 8.04. The second-order valence-electron chi connectivity index (χ2n) is 7.22. The van der Waals surface area contributed by atoms with Crippen molar-refractivity contribution in [2.75, 3.05) is 27.8 Å². The Labute approximate surface area is 184 Å². The van der Waals surface area contributed by atoms with E-state index in [1.54, 1.807) is 14.2 Å². The number of H-pyrrole nitrogens is 1. The molecule has 0 amide bonds. The van der Waals surface area contributed by atoms with Gasteiger partial charge in [0.25, 0.3) is 0 Å². The number of fused-ring (bicyclic) bond motifs is 1. The molecule has 0 spiro atoms. The Morgan fingerprint density at radius 1 is 1.25 bits per heavy atom. The predicted molar refractivity (Wildman–Crippen MR) is 126 cm³/mol. The van der Waals surface area contributed by atoms with Crippen molar-refractivity contribution in [2.24, 2.45) is 10.9 Å². The molecule has 7 heteroatoms. The van der Waals surface area contributed by atoms with Crippen molar-refractivity contribution >= 4 is 40.8 Å². The highest BCUT2D eigenvalue weighted by Crippen LogP contribution is 2.34. The van der Waals surface area contributed by atoms with E-state index in [1.165, 1.54) is 25.0 Å². The van der Waals surface area contributed by atoms with Gasteiger partial charge in [-0.3, -0.25) is 4.99 Å². The largest absolute Gasteiger partial charge is 0.497 e. The van der Waals surface area contributed by atoms with E-state index in [2.05, 4.69) is 33.6 Å². The van der Waals surface area contributed by atoms with Crippen molar-refractivity contribution in [2.45, 2.75) is 45.1 Å². The fourth-order valence-corrected chi connectivity index (χ4v) is 3.63. The number of rotatable bonds is 9. The van der Waals surface area contributed by atoms with Crippen LogP contribution in [0.3, 0.4) is 0 Å². The fraction of sp³-hybridized carbons (Fsp3) is 0.571. The molecule has 3 rings (SSSR count). The van der Waals surface area contributed by atoms with Gasteiger partial charge in [-0.15, -0.1) is 24.0 Å². The zero-order valence-electron chi connectivity index (χ0n) is 17.3. The molecule has 0 radical (unpaired) electrons. The van der Waals surface area contributed by atoms with Crippen LogP contribution in [0.2, 0.25) is 0 Å². The molecule has 28 heavy (non-hydrogen) atoms. The molecule has 6 nitrogen and oxygen atoms in total. The van der Waals surface area contributed by atoms with Crippen LogP contribution in [0, 0.1) is 5.92 Å². The van der Waals surface area contributed by atoms with Gasteiger partial charge in [-0.2, -0.15) is 0 Å². The van der Waals surface area contributed by atoms with Gasteiger partial charge in [-0.25, -0.2) is 0 Å². The van der Waals surface area contributed by atoms with Crippen molar-refractivity contribution in [3.05, 3.63) is 23.9 Å². The Balaban J connectivity index is 0.00000280. The summed E-state index contributed by atoms with van der Waals surface area (Å²) in [6.07, 6.45) is 5.83. The van der Waals surface area contributed by atoms with Gasteiger partial charge in [-0.05, 0) is 37.7 Å². The van der Waals surface area contributed by atoms with E-state index in [-0.39, 0.29) is 24.0 Å². The lowest BCUT2D eigenvalue weighted by molar-refractivity contribution is 0.398. The molecule has 1 fully saturated rings. The van der Waals surface area contributed by atoms with E-state index < -0.39 is 0 Å². The van der Waals surface area contributed by atoms with E-state index in [0.717, 1.165) is 53.7 Å². The number of aliphatic imine (C=N–C) groups is 1. The third kappa shape index (κ3) is 5.68. The third-order valence-electron chi connectivity index (χ3n) is 5.23. The van der Waals surface area contributed by atoms with Gasteiger partial charge >= 0.3 is 0 Å². The van der Waals surface area contributed by atoms with Gasteiger partial charge in [0.15, 0.2) is 5.96 Å². The molecule has 0 aliphatic heterocycles. The van der Waals surface area contributed by atoms with E-state index >= 15 is 0 Å². The van der Waals surface area contributed by atoms with Gasteiger partial charge in [0.1, 0.15) is 11.5 Å². The number of hydrogen-bond acceptors (Lipinski definition) is 3. The van der Waals surface area contributed by atoms with Crippen LogP contribution in [0.15, 0.2) is 23.2 Å². The highest BCUT2D eigenvalue weighted by molar-refractivity contribution is 14.0. The standard InChI is InChI=1S/C21H32N4O2.HI/c1-5-7-14-10-18(14)25-21(22-2)23-9-6-8-15-11-17-19(24-15)12-16(26-3)13-20(17)27-4;/h11-14,18,24H,5-10H2,1-4H3,(H2,22,23,25);1H. The van der Waals surface area contributed by atoms with Gasteiger partial charge in [0.2, 0.25) is 0 Å². The maximum absolute atomic E-state index is 5.49. The van der Waals surface area contributed by atoms with E-state index in [4.69, 9.17) is 9.47 Å². The number of nitrogens with one attached hydrogen (secondary N) is 3. The van der Waals surface area contributed by atoms with Crippen LogP contribution >= 0.6 is 24.0 Å². The first kappa shape index (κ1) is 22.6. The molecule has 0 bridgehead atoms. The number of benzene rings is 1. The van der Waals surface area contributed by atoms with Crippen LogP contribution in [0.4, 0.5) is 0 Å². The van der Waals surface area contributed by atoms with E-state index in [0.29, 0.717) is 6.04 Å². The Morgan fingerprint density at radius 3 is 2.75 bits per heavy atom. The fourth-order valence-electron chi connectivity index (χ4n) is 3.63. The molecule has 156 valence electrons. The monoisotopic (exact) mass is 500 g/mol. The lowest BCUT2D eigenvalue weighted by atomic mass is 10.2.